The van der Waals surface area contributed by atoms with Crippen LogP contribution in [0.15, 0.2) is 48.5 Å². The summed E-state index contributed by atoms with van der Waals surface area (Å²) in [4.78, 5) is 24.6. The predicted molar refractivity (Wildman–Crippen MR) is 99.3 cm³/mol. The van der Waals surface area contributed by atoms with Gasteiger partial charge in [0.25, 0.3) is 5.91 Å². The second kappa shape index (κ2) is 8.82. The van der Waals surface area contributed by atoms with E-state index < -0.39 is 12.1 Å². The van der Waals surface area contributed by atoms with E-state index in [1.807, 2.05) is 13.8 Å². The van der Waals surface area contributed by atoms with Gasteiger partial charge in [-0.15, -0.1) is 0 Å². The second-order valence-corrected chi connectivity index (χ2v) is 6.39. The maximum Gasteiger partial charge on any atom is 0.339 e. The van der Waals surface area contributed by atoms with Crippen molar-refractivity contribution >= 4 is 11.9 Å². The molecule has 1 amide bonds. The third-order valence-corrected chi connectivity index (χ3v) is 3.82. The summed E-state index contributed by atoms with van der Waals surface area (Å²) < 4.78 is 5.33. The van der Waals surface area contributed by atoms with E-state index in [0.717, 1.165) is 0 Å². The lowest BCUT2D eigenvalue weighted by molar-refractivity contribution is -0.129. The highest BCUT2D eigenvalue weighted by Crippen LogP contribution is 2.27. The number of amides is 1. The smallest absolute Gasteiger partial charge is 0.339 e. The van der Waals surface area contributed by atoms with Crippen LogP contribution in [0.1, 0.15) is 36.7 Å². The summed E-state index contributed by atoms with van der Waals surface area (Å²) in [7, 11) is 0. The van der Waals surface area contributed by atoms with Crippen molar-refractivity contribution in [3.05, 3.63) is 59.7 Å². The fourth-order valence-electron chi connectivity index (χ4n) is 2.44. The highest BCUT2D eigenvalue weighted by atomic mass is 16.5. The molecule has 0 unspecified atom stereocenters. The molecule has 0 aromatic heterocycles. The third-order valence-electron chi connectivity index (χ3n) is 3.82. The molecule has 0 aliphatic carbocycles. The summed E-state index contributed by atoms with van der Waals surface area (Å²) in [5.74, 6) is -0.618. The summed E-state index contributed by atoms with van der Waals surface area (Å²) >= 11 is 0. The number of nitriles is 1. The second-order valence-electron chi connectivity index (χ2n) is 6.39. The minimum Gasteiger partial charge on any atom is -0.449 e. The molecule has 2 aromatic carbocycles. The molecule has 26 heavy (non-hydrogen) atoms. The number of hydrogen-bond donors (Lipinski definition) is 1. The number of benzene rings is 2. The van der Waals surface area contributed by atoms with E-state index in [-0.39, 0.29) is 5.91 Å². The first-order chi connectivity index (χ1) is 12.4. The normalized spacial score (nSPS) is 11.5. The molecule has 0 bridgehead atoms. The largest absolute Gasteiger partial charge is 0.449 e. The van der Waals surface area contributed by atoms with Crippen LogP contribution in [-0.2, 0) is 9.53 Å². The Bertz CT molecular complexity index is 837. The van der Waals surface area contributed by atoms with E-state index in [4.69, 9.17) is 4.74 Å². The molecular weight excluding hydrogens is 328 g/mol. The zero-order valence-corrected chi connectivity index (χ0v) is 15.2. The molecule has 0 saturated carbocycles. The summed E-state index contributed by atoms with van der Waals surface area (Å²) in [5, 5.41) is 12.1. The summed E-state index contributed by atoms with van der Waals surface area (Å²) in [6.07, 6.45) is -0.902. The van der Waals surface area contributed by atoms with Crippen LogP contribution in [0.4, 0.5) is 0 Å². The summed E-state index contributed by atoms with van der Waals surface area (Å²) in [6, 6.07) is 16.1. The monoisotopic (exact) mass is 350 g/mol. The Labute approximate surface area is 153 Å². The number of nitrogens with one attached hydrogen (secondary N) is 1. The van der Waals surface area contributed by atoms with E-state index in [9.17, 15) is 14.9 Å². The highest BCUT2D eigenvalue weighted by molar-refractivity contribution is 5.99. The fraction of sp³-hybridized carbons (Fsp3) is 0.286. The number of carbonyl (C=O) groups is 2. The van der Waals surface area contributed by atoms with Gasteiger partial charge in [0.1, 0.15) is 0 Å². The summed E-state index contributed by atoms with van der Waals surface area (Å²) in [5.41, 5.74) is 2.04. The highest BCUT2D eigenvalue weighted by Gasteiger charge is 2.21. The molecule has 134 valence electrons. The first-order valence-corrected chi connectivity index (χ1v) is 8.51. The van der Waals surface area contributed by atoms with Crippen molar-refractivity contribution in [3.8, 4) is 17.2 Å². The fourth-order valence-corrected chi connectivity index (χ4v) is 2.44. The van der Waals surface area contributed by atoms with Gasteiger partial charge in [-0.25, -0.2) is 4.79 Å². The number of hydrogen-bond acceptors (Lipinski definition) is 4. The van der Waals surface area contributed by atoms with E-state index in [0.29, 0.717) is 34.7 Å². The molecule has 0 spiro atoms. The Morgan fingerprint density at radius 3 is 2.31 bits per heavy atom. The van der Waals surface area contributed by atoms with Gasteiger partial charge in [-0.05, 0) is 30.5 Å². The molecule has 0 fully saturated rings. The van der Waals surface area contributed by atoms with Gasteiger partial charge in [-0.2, -0.15) is 5.26 Å². The molecular formula is C21H22N2O3. The molecule has 5 nitrogen and oxygen atoms in total. The van der Waals surface area contributed by atoms with Crippen molar-refractivity contribution < 1.29 is 14.3 Å². The first-order valence-electron chi connectivity index (χ1n) is 8.51. The minimum absolute atomic E-state index is 0.310. The molecule has 0 radical (unpaired) electrons. The van der Waals surface area contributed by atoms with E-state index >= 15 is 0 Å². The molecule has 0 heterocycles. The van der Waals surface area contributed by atoms with Gasteiger partial charge in [-0.3, -0.25) is 4.79 Å². The van der Waals surface area contributed by atoms with Gasteiger partial charge < -0.3 is 10.1 Å². The van der Waals surface area contributed by atoms with Crippen molar-refractivity contribution in [3.63, 3.8) is 0 Å². The Kier molecular flexibility index (Phi) is 6.51. The van der Waals surface area contributed by atoms with Gasteiger partial charge >= 0.3 is 5.97 Å². The number of carbonyl (C=O) groups excluding carboxylic acids is 2. The minimum atomic E-state index is -0.902. The average molecular weight is 350 g/mol. The molecule has 1 N–H and O–H groups in total. The topological polar surface area (TPSA) is 79.2 Å². The lowest BCUT2D eigenvalue weighted by atomic mass is 9.96. The zero-order valence-electron chi connectivity index (χ0n) is 15.2. The molecule has 0 aliphatic rings. The number of rotatable bonds is 6. The molecule has 5 heteroatoms. The van der Waals surface area contributed by atoms with Crippen molar-refractivity contribution in [2.45, 2.75) is 26.9 Å². The predicted octanol–water partition coefficient (Wildman–Crippen LogP) is 3.54. The van der Waals surface area contributed by atoms with Crippen LogP contribution >= 0.6 is 0 Å². The number of nitrogens with zero attached hydrogens (tertiary/aromatic N) is 1. The van der Waals surface area contributed by atoms with Crippen LogP contribution < -0.4 is 5.32 Å². The lowest BCUT2D eigenvalue weighted by Gasteiger charge is -2.16. The number of esters is 1. The van der Waals surface area contributed by atoms with Crippen molar-refractivity contribution in [1.29, 1.82) is 5.26 Å². The lowest BCUT2D eigenvalue weighted by Crippen LogP contribution is -2.37. The van der Waals surface area contributed by atoms with Crippen molar-refractivity contribution in [2.24, 2.45) is 5.92 Å². The van der Waals surface area contributed by atoms with E-state index in [1.54, 1.807) is 55.5 Å². The van der Waals surface area contributed by atoms with Crippen molar-refractivity contribution in [2.75, 3.05) is 6.54 Å². The van der Waals surface area contributed by atoms with Crippen LogP contribution in [0.25, 0.3) is 11.1 Å². The van der Waals surface area contributed by atoms with Crippen LogP contribution in [0, 0.1) is 17.2 Å². The van der Waals surface area contributed by atoms with Crippen molar-refractivity contribution in [1.82, 2.24) is 5.32 Å². The Balaban J connectivity index is 2.23. The van der Waals surface area contributed by atoms with E-state index in [1.165, 1.54) is 0 Å². The molecule has 0 aliphatic heterocycles. The van der Waals surface area contributed by atoms with Gasteiger partial charge in [-0.1, -0.05) is 50.2 Å². The van der Waals surface area contributed by atoms with Crippen LogP contribution in [-0.4, -0.2) is 24.5 Å². The van der Waals surface area contributed by atoms with Gasteiger partial charge in [0, 0.05) is 12.1 Å². The third kappa shape index (κ3) is 4.70. The van der Waals surface area contributed by atoms with Crippen LogP contribution in [0.3, 0.4) is 0 Å². The van der Waals surface area contributed by atoms with Crippen LogP contribution in [0.2, 0.25) is 0 Å². The molecule has 0 saturated heterocycles. The van der Waals surface area contributed by atoms with E-state index in [2.05, 4.69) is 11.4 Å². The molecule has 1 atom stereocenters. The maximum atomic E-state index is 12.6. The number of ether oxygens (including phenoxy) is 1. The van der Waals surface area contributed by atoms with Gasteiger partial charge in [0.05, 0.1) is 17.2 Å². The maximum absolute atomic E-state index is 12.6. The van der Waals surface area contributed by atoms with Crippen LogP contribution in [0.5, 0.6) is 0 Å². The van der Waals surface area contributed by atoms with Gasteiger partial charge in [0.15, 0.2) is 6.10 Å². The average Bonchev–Trinajstić information content (AvgIpc) is 2.65. The zero-order chi connectivity index (χ0) is 19.1. The Hall–Kier alpha value is -3.13. The Morgan fingerprint density at radius 2 is 1.65 bits per heavy atom. The standard InChI is InChI=1S/C21H22N2O3/c1-14(2)13-23-20(24)15(3)26-21(25)19-11-7-6-10-18(19)17-9-5-4-8-16(17)12-22/h4-11,14-15H,13H2,1-3H3,(H,23,24)/t15-/m0/s1. The Morgan fingerprint density at radius 1 is 1.04 bits per heavy atom. The summed E-state index contributed by atoms with van der Waals surface area (Å²) in [6.45, 7) is 6.03. The molecule has 2 aromatic rings. The first kappa shape index (κ1) is 19.2. The quantitative estimate of drug-likeness (QED) is 0.808. The van der Waals surface area contributed by atoms with Gasteiger partial charge in [0.2, 0.25) is 0 Å². The molecule has 2 rings (SSSR count). The SMILES string of the molecule is CC(C)CNC(=O)[C@H](C)OC(=O)c1ccccc1-c1ccccc1C#N.